The van der Waals surface area contributed by atoms with Gasteiger partial charge in [0, 0.05) is 11.8 Å². The second-order valence-corrected chi connectivity index (χ2v) is 4.84. The van der Waals surface area contributed by atoms with Gasteiger partial charge in [-0.3, -0.25) is 4.79 Å². The first-order chi connectivity index (χ1) is 9.53. The minimum atomic E-state index is -1.51. The Labute approximate surface area is 112 Å². The third-order valence-corrected chi connectivity index (χ3v) is 3.50. The van der Waals surface area contributed by atoms with E-state index in [2.05, 4.69) is 10.3 Å². The molecule has 3 rings (SSSR count). The standard InChI is InChI=1S/C14H11F3N2O/c15-9-4-3-8(11(16)12(9)17)14(5-6-14)19-13(20)10-2-1-7-18-10/h1-4,7,18H,5-6H2,(H,19,20). The van der Waals surface area contributed by atoms with E-state index >= 15 is 0 Å². The Morgan fingerprint density at radius 2 is 1.90 bits per heavy atom. The smallest absolute Gasteiger partial charge is 0.268 e. The van der Waals surface area contributed by atoms with Gasteiger partial charge in [-0.15, -0.1) is 0 Å². The first kappa shape index (κ1) is 12.8. The Morgan fingerprint density at radius 1 is 1.15 bits per heavy atom. The Bertz CT molecular complexity index is 663. The number of carbonyl (C=O) groups excluding carboxylic acids is 1. The molecule has 1 amide bonds. The molecule has 0 radical (unpaired) electrons. The molecule has 0 saturated heterocycles. The third kappa shape index (κ3) is 1.97. The highest BCUT2D eigenvalue weighted by molar-refractivity contribution is 5.93. The van der Waals surface area contributed by atoms with Crippen molar-refractivity contribution in [3.63, 3.8) is 0 Å². The average molecular weight is 280 g/mol. The maximum absolute atomic E-state index is 13.8. The van der Waals surface area contributed by atoms with Gasteiger partial charge in [-0.05, 0) is 31.0 Å². The van der Waals surface area contributed by atoms with E-state index in [0.29, 0.717) is 18.5 Å². The van der Waals surface area contributed by atoms with Crippen molar-refractivity contribution in [2.24, 2.45) is 0 Å². The van der Waals surface area contributed by atoms with E-state index < -0.39 is 28.9 Å². The number of amides is 1. The lowest BCUT2D eigenvalue weighted by atomic mass is 10.0. The molecule has 0 unspecified atom stereocenters. The number of rotatable bonds is 3. The van der Waals surface area contributed by atoms with Crippen molar-refractivity contribution in [2.45, 2.75) is 18.4 Å². The predicted molar refractivity (Wildman–Crippen MR) is 65.5 cm³/mol. The van der Waals surface area contributed by atoms with Crippen LogP contribution in [0.25, 0.3) is 0 Å². The first-order valence-corrected chi connectivity index (χ1v) is 6.13. The highest BCUT2D eigenvalue weighted by Gasteiger charge is 2.48. The highest BCUT2D eigenvalue weighted by Crippen LogP contribution is 2.47. The summed E-state index contributed by atoms with van der Waals surface area (Å²) in [5, 5.41) is 2.67. The van der Waals surface area contributed by atoms with Crippen LogP contribution in [0.1, 0.15) is 28.9 Å². The summed E-state index contributed by atoms with van der Waals surface area (Å²) in [7, 11) is 0. The van der Waals surface area contributed by atoms with E-state index in [1.807, 2.05) is 0 Å². The van der Waals surface area contributed by atoms with E-state index in [4.69, 9.17) is 0 Å². The van der Waals surface area contributed by atoms with Crippen LogP contribution in [0.2, 0.25) is 0 Å². The lowest BCUT2D eigenvalue weighted by Gasteiger charge is -2.18. The minimum Gasteiger partial charge on any atom is -0.357 e. The van der Waals surface area contributed by atoms with Gasteiger partial charge in [0.2, 0.25) is 0 Å². The number of aromatic amines is 1. The summed E-state index contributed by atoms with van der Waals surface area (Å²) in [6.45, 7) is 0. The van der Waals surface area contributed by atoms with Crippen molar-refractivity contribution in [1.29, 1.82) is 0 Å². The van der Waals surface area contributed by atoms with Crippen molar-refractivity contribution >= 4 is 5.91 Å². The van der Waals surface area contributed by atoms with Gasteiger partial charge in [-0.25, -0.2) is 13.2 Å². The zero-order valence-corrected chi connectivity index (χ0v) is 10.3. The normalized spacial score (nSPS) is 15.9. The molecule has 1 aliphatic rings. The topological polar surface area (TPSA) is 44.9 Å². The average Bonchev–Trinajstić information content (AvgIpc) is 2.99. The van der Waals surface area contributed by atoms with E-state index in [-0.39, 0.29) is 5.56 Å². The van der Waals surface area contributed by atoms with Gasteiger partial charge in [-0.1, -0.05) is 6.07 Å². The molecule has 0 aliphatic heterocycles. The zero-order chi connectivity index (χ0) is 14.3. The largest absolute Gasteiger partial charge is 0.357 e. The number of halogens is 3. The van der Waals surface area contributed by atoms with E-state index in [1.54, 1.807) is 18.3 Å². The molecule has 1 saturated carbocycles. The fourth-order valence-corrected chi connectivity index (χ4v) is 2.24. The quantitative estimate of drug-likeness (QED) is 0.834. The summed E-state index contributed by atoms with van der Waals surface area (Å²) in [5.41, 5.74) is -0.628. The third-order valence-electron chi connectivity index (χ3n) is 3.50. The molecule has 6 heteroatoms. The number of benzene rings is 1. The van der Waals surface area contributed by atoms with Crippen LogP contribution in [-0.2, 0) is 5.54 Å². The second kappa shape index (κ2) is 4.40. The molecule has 1 aromatic carbocycles. The molecule has 1 heterocycles. The number of hydrogen-bond donors (Lipinski definition) is 2. The fraction of sp³-hybridized carbons (Fsp3) is 0.214. The number of nitrogens with one attached hydrogen (secondary N) is 2. The van der Waals surface area contributed by atoms with E-state index in [9.17, 15) is 18.0 Å². The molecule has 2 N–H and O–H groups in total. The van der Waals surface area contributed by atoms with Crippen molar-refractivity contribution in [2.75, 3.05) is 0 Å². The molecular weight excluding hydrogens is 269 g/mol. The van der Waals surface area contributed by atoms with Crippen LogP contribution in [0.3, 0.4) is 0 Å². The van der Waals surface area contributed by atoms with Crippen LogP contribution < -0.4 is 5.32 Å². The summed E-state index contributed by atoms with van der Waals surface area (Å²) in [4.78, 5) is 14.7. The number of H-pyrrole nitrogens is 1. The van der Waals surface area contributed by atoms with E-state index in [1.165, 1.54) is 6.07 Å². The highest BCUT2D eigenvalue weighted by atomic mass is 19.2. The predicted octanol–water partition coefficient (Wildman–Crippen LogP) is 2.85. The lowest BCUT2D eigenvalue weighted by molar-refractivity contribution is 0.0925. The molecular formula is C14H11F3N2O. The van der Waals surface area contributed by atoms with Crippen LogP contribution in [0.4, 0.5) is 13.2 Å². The van der Waals surface area contributed by atoms with Gasteiger partial charge in [0.05, 0.1) is 5.54 Å². The number of aromatic nitrogens is 1. The van der Waals surface area contributed by atoms with E-state index in [0.717, 1.165) is 6.07 Å². The minimum absolute atomic E-state index is 0.0173. The number of hydrogen-bond acceptors (Lipinski definition) is 1. The summed E-state index contributed by atoms with van der Waals surface area (Å²) in [5.74, 6) is -4.40. The van der Waals surface area contributed by atoms with Crippen LogP contribution >= 0.6 is 0 Å². The zero-order valence-electron chi connectivity index (χ0n) is 10.3. The maximum atomic E-state index is 13.8. The molecule has 0 bridgehead atoms. The summed E-state index contributed by atoms with van der Waals surface area (Å²) in [6, 6.07) is 5.28. The molecule has 104 valence electrons. The van der Waals surface area contributed by atoms with Crippen LogP contribution in [0, 0.1) is 17.5 Å². The van der Waals surface area contributed by atoms with Gasteiger partial charge in [0.25, 0.3) is 5.91 Å². The lowest BCUT2D eigenvalue weighted by Crippen LogP contribution is -2.36. The molecule has 2 aromatic rings. The van der Waals surface area contributed by atoms with Crippen LogP contribution in [0.15, 0.2) is 30.5 Å². The summed E-state index contributed by atoms with van der Waals surface area (Å²) in [6.07, 6.45) is 2.56. The van der Waals surface area contributed by atoms with Crippen molar-refractivity contribution in [1.82, 2.24) is 10.3 Å². The molecule has 1 aromatic heterocycles. The summed E-state index contributed by atoms with van der Waals surface area (Å²) < 4.78 is 40.1. The van der Waals surface area contributed by atoms with Crippen molar-refractivity contribution < 1.29 is 18.0 Å². The Balaban J connectivity index is 1.90. The van der Waals surface area contributed by atoms with Crippen LogP contribution in [0.5, 0.6) is 0 Å². The van der Waals surface area contributed by atoms with Gasteiger partial charge < -0.3 is 10.3 Å². The molecule has 20 heavy (non-hydrogen) atoms. The second-order valence-electron chi connectivity index (χ2n) is 4.84. The number of carbonyl (C=O) groups is 1. The van der Waals surface area contributed by atoms with Gasteiger partial charge >= 0.3 is 0 Å². The SMILES string of the molecule is O=C(NC1(c2ccc(F)c(F)c2F)CC1)c1ccc[nH]1. The van der Waals surface area contributed by atoms with Crippen molar-refractivity contribution in [3.05, 3.63) is 59.2 Å². The monoisotopic (exact) mass is 280 g/mol. The molecule has 1 aliphatic carbocycles. The molecule has 1 fully saturated rings. The van der Waals surface area contributed by atoms with Gasteiger partial charge in [0.1, 0.15) is 5.69 Å². The van der Waals surface area contributed by atoms with Gasteiger partial charge in [-0.2, -0.15) is 0 Å². The Morgan fingerprint density at radius 3 is 2.50 bits per heavy atom. The Kier molecular flexibility index (Phi) is 2.81. The molecule has 0 atom stereocenters. The first-order valence-electron chi connectivity index (χ1n) is 6.13. The summed E-state index contributed by atoms with van der Waals surface area (Å²) >= 11 is 0. The maximum Gasteiger partial charge on any atom is 0.268 e. The van der Waals surface area contributed by atoms with Gasteiger partial charge in [0.15, 0.2) is 17.5 Å². The Hall–Kier alpha value is -2.24. The fourth-order valence-electron chi connectivity index (χ4n) is 2.24. The molecule has 0 spiro atoms. The van der Waals surface area contributed by atoms with Crippen LogP contribution in [-0.4, -0.2) is 10.9 Å². The molecule has 3 nitrogen and oxygen atoms in total. The van der Waals surface area contributed by atoms with Crippen molar-refractivity contribution in [3.8, 4) is 0 Å².